The third-order valence-electron chi connectivity index (χ3n) is 3.50. The van der Waals surface area contributed by atoms with E-state index in [9.17, 15) is 18.0 Å². The Morgan fingerprint density at radius 3 is 2.22 bits per heavy atom. The molecule has 0 aromatic rings. The normalized spacial score (nSPS) is 22.7. The second-order valence-electron chi connectivity index (χ2n) is 4.96. The Labute approximate surface area is 104 Å². The molecular weight excluding hydrogens is 247 g/mol. The number of halogens is 3. The van der Waals surface area contributed by atoms with Gasteiger partial charge in [-0.05, 0) is 19.3 Å². The van der Waals surface area contributed by atoms with Crippen molar-refractivity contribution in [2.45, 2.75) is 31.5 Å². The predicted molar refractivity (Wildman–Crippen MR) is 60.2 cm³/mol. The minimum atomic E-state index is -4.16. The first-order chi connectivity index (χ1) is 8.44. The summed E-state index contributed by atoms with van der Waals surface area (Å²) < 4.78 is 36.6. The topological polar surface area (TPSA) is 35.6 Å². The number of hydrogen-bond acceptors (Lipinski definition) is 2. The molecule has 0 bridgehead atoms. The maximum Gasteiger partial charge on any atom is 0.401 e. The van der Waals surface area contributed by atoms with Crippen LogP contribution in [0.15, 0.2) is 0 Å². The average Bonchev–Trinajstić information content (AvgIpc) is 2.22. The van der Waals surface area contributed by atoms with E-state index < -0.39 is 12.7 Å². The molecule has 1 N–H and O–H groups in total. The maximum absolute atomic E-state index is 12.2. The van der Waals surface area contributed by atoms with Crippen LogP contribution in [0, 0.1) is 0 Å². The molecule has 7 heteroatoms. The number of nitrogens with one attached hydrogen (secondary N) is 1. The second kappa shape index (κ2) is 5.34. The quantitative estimate of drug-likeness (QED) is 0.820. The van der Waals surface area contributed by atoms with Crippen molar-refractivity contribution in [1.82, 2.24) is 15.1 Å². The van der Waals surface area contributed by atoms with E-state index in [2.05, 4.69) is 5.32 Å². The van der Waals surface area contributed by atoms with Gasteiger partial charge >= 0.3 is 12.2 Å². The Hall–Kier alpha value is -0.980. The van der Waals surface area contributed by atoms with E-state index in [1.54, 1.807) is 4.90 Å². The van der Waals surface area contributed by atoms with E-state index in [-0.39, 0.29) is 25.2 Å². The Balaban J connectivity index is 1.70. The molecule has 0 radical (unpaired) electrons. The van der Waals surface area contributed by atoms with Gasteiger partial charge in [-0.15, -0.1) is 0 Å². The molecule has 1 heterocycles. The first-order valence-corrected chi connectivity index (χ1v) is 6.28. The maximum atomic E-state index is 12.2. The van der Waals surface area contributed by atoms with Gasteiger partial charge in [0.15, 0.2) is 0 Å². The van der Waals surface area contributed by atoms with Crippen molar-refractivity contribution in [3.8, 4) is 0 Å². The van der Waals surface area contributed by atoms with Crippen LogP contribution in [-0.4, -0.2) is 60.8 Å². The van der Waals surface area contributed by atoms with Gasteiger partial charge < -0.3 is 10.2 Å². The van der Waals surface area contributed by atoms with Crippen molar-refractivity contribution in [2.24, 2.45) is 0 Å². The summed E-state index contributed by atoms with van der Waals surface area (Å²) in [7, 11) is 0. The number of nitrogens with zero attached hydrogens (tertiary/aromatic N) is 2. The average molecular weight is 265 g/mol. The fourth-order valence-corrected chi connectivity index (χ4v) is 2.18. The van der Waals surface area contributed by atoms with Crippen LogP contribution < -0.4 is 5.32 Å². The van der Waals surface area contributed by atoms with Crippen molar-refractivity contribution in [1.29, 1.82) is 0 Å². The Morgan fingerprint density at radius 1 is 1.17 bits per heavy atom. The molecule has 0 aromatic carbocycles. The fourth-order valence-electron chi connectivity index (χ4n) is 2.18. The second-order valence-corrected chi connectivity index (χ2v) is 4.96. The summed E-state index contributed by atoms with van der Waals surface area (Å²) in [5.74, 6) is 0. The summed E-state index contributed by atoms with van der Waals surface area (Å²) in [5, 5.41) is 2.90. The molecule has 4 nitrogen and oxygen atoms in total. The minimum Gasteiger partial charge on any atom is -0.335 e. The Kier molecular flexibility index (Phi) is 3.99. The standard InChI is InChI=1S/C11H18F3N3O/c12-11(13,14)8-16-4-6-17(7-5-16)10(18)15-9-2-1-3-9/h9H,1-8H2,(H,15,18). The monoisotopic (exact) mass is 265 g/mol. The molecule has 0 unspecified atom stereocenters. The Bertz CT molecular complexity index is 296. The van der Waals surface area contributed by atoms with E-state index in [1.165, 1.54) is 4.90 Å². The van der Waals surface area contributed by atoms with E-state index in [4.69, 9.17) is 0 Å². The highest BCUT2D eigenvalue weighted by atomic mass is 19.4. The lowest BCUT2D eigenvalue weighted by molar-refractivity contribution is -0.148. The highest BCUT2D eigenvalue weighted by molar-refractivity contribution is 5.74. The van der Waals surface area contributed by atoms with Gasteiger partial charge in [0.05, 0.1) is 6.54 Å². The van der Waals surface area contributed by atoms with Crippen LogP contribution in [0.3, 0.4) is 0 Å². The molecule has 2 fully saturated rings. The lowest BCUT2D eigenvalue weighted by Gasteiger charge is -2.36. The van der Waals surface area contributed by atoms with Crippen molar-refractivity contribution in [2.75, 3.05) is 32.7 Å². The van der Waals surface area contributed by atoms with Gasteiger partial charge in [-0.1, -0.05) is 0 Å². The zero-order valence-corrected chi connectivity index (χ0v) is 10.2. The number of alkyl halides is 3. The fraction of sp³-hybridized carbons (Fsp3) is 0.909. The number of urea groups is 1. The number of amides is 2. The highest BCUT2D eigenvalue weighted by Crippen LogP contribution is 2.19. The van der Waals surface area contributed by atoms with Gasteiger partial charge in [0.25, 0.3) is 0 Å². The molecule has 104 valence electrons. The molecule has 0 aromatic heterocycles. The lowest BCUT2D eigenvalue weighted by atomic mass is 9.93. The van der Waals surface area contributed by atoms with E-state index >= 15 is 0 Å². The van der Waals surface area contributed by atoms with Crippen LogP contribution in [0.25, 0.3) is 0 Å². The first kappa shape index (κ1) is 13.5. The van der Waals surface area contributed by atoms with Crippen LogP contribution in [-0.2, 0) is 0 Å². The third kappa shape index (κ3) is 3.76. The van der Waals surface area contributed by atoms with Crippen molar-refractivity contribution >= 4 is 6.03 Å². The van der Waals surface area contributed by atoms with Crippen LogP contribution in [0.5, 0.6) is 0 Å². The highest BCUT2D eigenvalue weighted by Gasteiger charge is 2.33. The number of carbonyl (C=O) groups excluding carboxylic acids is 1. The zero-order valence-electron chi connectivity index (χ0n) is 10.2. The predicted octanol–water partition coefficient (Wildman–Crippen LogP) is 1.43. The molecule has 18 heavy (non-hydrogen) atoms. The van der Waals surface area contributed by atoms with Gasteiger partial charge in [-0.25, -0.2) is 4.79 Å². The summed E-state index contributed by atoms with van der Waals surface area (Å²) in [4.78, 5) is 14.7. The van der Waals surface area contributed by atoms with Crippen molar-refractivity contribution in [3.63, 3.8) is 0 Å². The summed E-state index contributed by atoms with van der Waals surface area (Å²) in [6.07, 6.45) is -0.986. The van der Waals surface area contributed by atoms with E-state index in [0.29, 0.717) is 13.1 Å². The van der Waals surface area contributed by atoms with Crippen molar-refractivity contribution < 1.29 is 18.0 Å². The molecule has 1 aliphatic heterocycles. The first-order valence-electron chi connectivity index (χ1n) is 6.28. The SMILES string of the molecule is O=C(NC1CCC1)N1CCN(CC(F)(F)F)CC1. The zero-order chi connectivity index (χ0) is 13.2. The van der Waals surface area contributed by atoms with Gasteiger partial charge in [0.1, 0.15) is 0 Å². The summed E-state index contributed by atoms with van der Waals surface area (Å²) >= 11 is 0. The van der Waals surface area contributed by atoms with Gasteiger partial charge in [0, 0.05) is 32.2 Å². The van der Waals surface area contributed by atoms with Gasteiger partial charge in [-0.3, -0.25) is 4.90 Å². The smallest absolute Gasteiger partial charge is 0.335 e. The molecule has 0 atom stereocenters. The molecule has 2 aliphatic rings. The number of carbonyl (C=O) groups is 1. The molecule has 0 spiro atoms. The third-order valence-corrected chi connectivity index (χ3v) is 3.50. The largest absolute Gasteiger partial charge is 0.401 e. The van der Waals surface area contributed by atoms with Crippen LogP contribution in [0.4, 0.5) is 18.0 Å². The van der Waals surface area contributed by atoms with Crippen LogP contribution >= 0.6 is 0 Å². The molecule has 2 amide bonds. The summed E-state index contributed by atoms with van der Waals surface area (Å²) in [6.45, 7) is 0.434. The summed E-state index contributed by atoms with van der Waals surface area (Å²) in [6, 6.07) is 0.136. The van der Waals surface area contributed by atoms with Crippen LogP contribution in [0.2, 0.25) is 0 Å². The number of piperazine rings is 1. The summed E-state index contributed by atoms with van der Waals surface area (Å²) in [5.41, 5.74) is 0. The molecule has 1 saturated heterocycles. The number of rotatable bonds is 2. The van der Waals surface area contributed by atoms with Crippen molar-refractivity contribution in [3.05, 3.63) is 0 Å². The molecular formula is C11H18F3N3O. The molecule has 1 aliphatic carbocycles. The lowest BCUT2D eigenvalue weighted by Crippen LogP contribution is -2.55. The molecule has 2 rings (SSSR count). The number of hydrogen-bond donors (Lipinski definition) is 1. The minimum absolute atomic E-state index is 0.133. The van der Waals surface area contributed by atoms with E-state index in [0.717, 1.165) is 19.3 Å². The molecule has 1 saturated carbocycles. The van der Waals surface area contributed by atoms with Gasteiger partial charge in [-0.2, -0.15) is 13.2 Å². The van der Waals surface area contributed by atoms with Gasteiger partial charge in [0.2, 0.25) is 0 Å². The van der Waals surface area contributed by atoms with Crippen LogP contribution in [0.1, 0.15) is 19.3 Å². The Morgan fingerprint density at radius 2 is 1.78 bits per heavy atom. The van der Waals surface area contributed by atoms with E-state index in [1.807, 2.05) is 0 Å².